The highest BCUT2D eigenvalue weighted by molar-refractivity contribution is 9.10. The maximum atomic E-state index is 12.9. The van der Waals surface area contributed by atoms with Crippen LogP contribution in [0, 0.1) is 5.92 Å². The van der Waals surface area contributed by atoms with Gasteiger partial charge in [0, 0.05) is 12.6 Å². The van der Waals surface area contributed by atoms with Crippen LogP contribution >= 0.6 is 15.9 Å². The van der Waals surface area contributed by atoms with Gasteiger partial charge in [-0.1, -0.05) is 18.9 Å². The predicted molar refractivity (Wildman–Crippen MR) is 70.6 cm³/mol. The van der Waals surface area contributed by atoms with Gasteiger partial charge in [0.25, 0.3) is 0 Å². The summed E-state index contributed by atoms with van der Waals surface area (Å²) in [5.74, 6) is -1.23. The van der Waals surface area contributed by atoms with Crippen LogP contribution in [-0.4, -0.2) is 17.2 Å². The van der Waals surface area contributed by atoms with Gasteiger partial charge < -0.3 is 5.32 Å². The molecule has 1 aromatic rings. The van der Waals surface area contributed by atoms with Crippen molar-refractivity contribution in [1.29, 1.82) is 0 Å². The van der Waals surface area contributed by atoms with Crippen molar-refractivity contribution < 1.29 is 13.2 Å². The minimum Gasteiger partial charge on any atom is -0.308 e. The number of alkyl halides is 3. The van der Waals surface area contributed by atoms with Gasteiger partial charge in [-0.15, -0.1) is 0 Å². The lowest BCUT2D eigenvalue weighted by Gasteiger charge is -2.33. The van der Waals surface area contributed by atoms with E-state index in [1.54, 1.807) is 6.07 Å². The Morgan fingerprint density at radius 2 is 2.00 bits per heavy atom. The van der Waals surface area contributed by atoms with Crippen LogP contribution in [-0.2, 0) is 6.54 Å². The maximum Gasteiger partial charge on any atom is 0.393 e. The Kier molecular flexibility index (Phi) is 4.84. The molecule has 0 aromatic carbocycles. The quantitative estimate of drug-likeness (QED) is 0.842. The fourth-order valence-corrected chi connectivity index (χ4v) is 2.93. The fourth-order valence-electron chi connectivity index (χ4n) is 2.55. The standard InChI is InChI=1S/C13H16BrF3N2/c14-12-7-3-4-9(19-12)8-18-11-6-2-1-5-10(11)13(15,16)17/h3-4,7,10-11,18H,1-2,5-6,8H2. The molecule has 1 aliphatic carbocycles. The second kappa shape index (κ2) is 6.22. The molecule has 1 aromatic heterocycles. The van der Waals surface area contributed by atoms with Gasteiger partial charge in [-0.05, 0) is 40.9 Å². The van der Waals surface area contributed by atoms with Crippen LogP contribution in [0.3, 0.4) is 0 Å². The molecule has 2 nitrogen and oxygen atoms in total. The molecule has 2 atom stereocenters. The van der Waals surface area contributed by atoms with E-state index in [1.807, 2.05) is 12.1 Å². The average molecular weight is 337 g/mol. The van der Waals surface area contributed by atoms with E-state index in [0.717, 1.165) is 12.1 Å². The Morgan fingerprint density at radius 1 is 1.26 bits per heavy atom. The number of hydrogen-bond acceptors (Lipinski definition) is 2. The summed E-state index contributed by atoms with van der Waals surface area (Å²) in [6.45, 7) is 0.372. The molecule has 0 amide bonds. The van der Waals surface area contributed by atoms with Crippen molar-refractivity contribution in [3.05, 3.63) is 28.5 Å². The predicted octanol–water partition coefficient (Wildman–Crippen LogP) is 4.05. The zero-order valence-electron chi connectivity index (χ0n) is 10.4. The Labute approximate surface area is 118 Å². The molecule has 1 N–H and O–H groups in total. The number of nitrogens with zero attached hydrogens (tertiary/aromatic N) is 1. The van der Waals surface area contributed by atoms with E-state index in [-0.39, 0.29) is 6.42 Å². The summed E-state index contributed by atoms with van der Waals surface area (Å²) in [7, 11) is 0. The minimum absolute atomic E-state index is 0.229. The van der Waals surface area contributed by atoms with Crippen molar-refractivity contribution in [2.45, 2.75) is 44.4 Å². The molecule has 1 aliphatic rings. The molecule has 0 spiro atoms. The number of pyridine rings is 1. The first-order valence-electron chi connectivity index (χ1n) is 6.38. The van der Waals surface area contributed by atoms with Gasteiger partial charge in [-0.25, -0.2) is 4.98 Å². The smallest absolute Gasteiger partial charge is 0.308 e. The second-order valence-electron chi connectivity index (χ2n) is 4.87. The monoisotopic (exact) mass is 336 g/mol. The van der Waals surface area contributed by atoms with Gasteiger partial charge in [0.05, 0.1) is 11.6 Å². The summed E-state index contributed by atoms with van der Waals surface area (Å²) in [6, 6.07) is 4.94. The Bertz CT molecular complexity index is 423. The SMILES string of the molecule is FC(F)(F)C1CCCCC1NCc1cccc(Br)n1. The van der Waals surface area contributed by atoms with Crippen molar-refractivity contribution >= 4 is 15.9 Å². The second-order valence-corrected chi connectivity index (χ2v) is 5.68. The molecule has 6 heteroatoms. The van der Waals surface area contributed by atoms with Crippen LogP contribution in [0.5, 0.6) is 0 Å². The van der Waals surface area contributed by atoms with Crippen LogP contribution in [0.1, 0.15) is 31.4 Å². The fraction of sp³-hybridized carbons (Fsp3) is 0.615. The van der Waals surface area contributed by atoms with Gasteiger partial charge >= 0.3 is 6.18 Å². The van der Waals surface area contributed by atoms with Crippen LogP contribution in [0.4, 0.5) is 13.2 Å². The van der Waals surface area contributed by atoms with Crippen LogP contribution < -0.4 is 5.32 Å². The molecule has 0 bridgehead atoms. The highest BCUT2D eigenvalue weighted by atomic mass is 79.9. The van der Waals surface area contributed by atoms with E-state index >= 15 is 0 Å². The van der Waals surface area contributed by atoms with Crippen molar-refractivity contribution in [3.63, 3.8) is 0 Å². The highest BCUT2D eigenvalue weighted by Gasteiger charge is 2.45. The molecule has 0 aliphatic heterocycles. The maximum absolute atomic E-state index is 12.9. The van der Waals surface area contributed by atoms with Crippen LogP contribution in [0.2, 0.25) is 0 Å². The summed E-state index contributed by atoms with van der Waals surface area (Å²) >= 11 is 3.25. The summed E-state index contributed by atoms with van der Waals surface area (Å²) in [5.41, 5.74) is 0.751. The highest BCUT2D eigenvalue weighted by Crippen LogP contribution is 2.37. The van der Waals surface area contributed by atoms with Crippen LogP contribution in [0.25, 0.3) is 0 Å². The number of nitrogens with one attached hydrogen (secondary N) is 1. The Balaban J connectivity index is 1.97. The Hall–Kier alpha value is -0.620. The van der Waals surface area contributed by atoms with Gasteiger partial charge in [0.15, 0.2) is 0 Å². The molecular formula is C13H16BrF3N2. The number of rotatable bonds is 3. The molecule has 106 valence electrons. The third-order valence-corrected chi connectivity index (χ3v) is 3.95. The van der Waals surface area contributed by atoms with Gasteiger partial charge in [0.1, 0.15) is 4.60 Å². The first kappa shape index (κ1) is 14.8. The molecule has 1 saturated carbocycles. The first-order chi connectivity index (χ1) is 8.97. The average Bonchev–Trinajstić information content (AvgIpc) is 2.36. The normalized spacial score (nSPS) is 24.4. The minimum atomic E-state index is -4.11. The lowest BCUT2D eigenvalue weighted by atomic mass is 9.84. The topological polar surface area (TPSA) is 24.9 Å². The third-order valence-electron chi connectivity index (χ3n) is 3.50. The number of hydrogen-bond donors (Lipinski definition) is 1. The summed E-state index contributed by atoms with van der Waals surface area (Å²) in [5, 5.41) is 3.02. The zero-order valence-corrected chi connectivity index (χ0v) is 12.0. The van der Waals surface area contributed by atoms with Gasteiger partial charge in [0.2, 0.25) is 0 Å². The first-order valence-corrected chi connectivity index (χ1v) is 7.17. The molecule has 0 radical (unpaired) electrons. The molecular weight excluding hydrogens is 321 g/mol. The molecule has 1 fully saturated rings. The van der Waals surface area contributed by atoms with E-state index in [4.69, 9.17) is 0 Å². The van der Waals surface area contributed by atoms with Crippen molar-refractivity contribution in [2.75, 3.05) is 0 Å². The van der Waals surface area contributed by atoms with Gasteiger partial charge in [-0.2, -0.15) is 13.2 Å². The summed E-state index contributed by atoms with van der Waals surface area (Å²) < 4.78 is 39.5. The lowest BCUT2D eigenvalue weighted by molar-refractivity contribution is -0.189. The molecule has 19 heavy (non-hydrogen) atoms. The van der Waals surface area contributed by atoms with E-state index in [2.05, 4.69) is 26.2 Å². The van der Waals surface area contributed by atoms with E-state index in [1.165, 1.54) is 0 Å². The van der Waals surface area contributed by atoms with E-state index < -0.39 is 18.1 Å². The van der Waals surface area contributed by atoms with Crippen molar-refractivity contribution in [1.82, 2.24) is 10.3 Å². The molecule has 2 rings (SSSR count). The Morgan fingerprint density at radius 3 is 2.68 bits per heavy atom. The third kappa shape index (κ3) is 4.18. The van der Waals surface area contributed by atoms with E-state index in [9.17, 15) is 13.2 Å². The van der Waals surface area contributed by atoms with Gasteiger partial charge in [-0.3, -0.25) is 0 Å². The number of halogens is 4. The van der Waals surface area contributed by atoms with Crippen LogP contribution in [0.15, 0.2) is 22.8 Å². The largest absolute Gasteiger partial charge is 0.393 e. The number of aromatic nitrogens is 1. The molecule has 1 heterocycles. The van der Waals surface area contributed by atoms with Crippen molar-refractivity contribution in [3.8, 4) is 0 Å². The lowest BCUT2D eigenvalue weighted by Crippen LogP contribution is -2.45. The summed E-state index contributed by atoms with van der Waals surface area (Å²) in [4.78, 5) is 4.22. The molecule has 2 unspecified atom stereocenters. The zero-order chi connectivity index (χ0) is 13.9. The van der Waals surface area contributed by atoms with E-state index in [0.29, 0.717) is 24.0 Å². The van der Waals surface area contributed by atoms with Crippen molar-refractivity contribution in [2.24, 2.45) is 5.92 Å². The summed E-state index contributed by atoms with van der Waals surface area (Å²) in [6.07, 6.45) is -1.78. The molecule has 0 saturated heterocycles.